The van der Waals surface area contributed by atoms with Crippen molar-refractivity contribution in [3.8, 4) is 0 Å². The fourth-order valence-electron chi connectivity index (χ4n) is 3.34. The van der Waals surface area contributed by atoms with Gasteiger partial charge in [0.2, 0.25) is 0 Å². The molecule has 0 aromatic carbocycles. The van der Waals surface area contributed by atoms with Gasteiger partial charge in [-0.1, -0.05) is 20.8 Å². The summed E-state index contributed by atoms with van der Waals surface area (Å²) in [6.07, 6.45) is 0.0609. The van der Waals surface area contributed by atoms with Gasteiger partial charge in [-0.05, 0) is 31.4 Å². The van der Waals surface area contributed by atoms with Crippen LogP contribution in [0, 0.1) is 12.3 Å². The molecule has 1 saturated heterocycles. The number of nitrogens with one attached hydrogen (secondary N) is 2. The number of hydrogen-bond acceptors (Lipinski definition) is 5. The van der Waals surface area contributed by atoms with Gasteiger partial charge in [0.05, 0.1) is 31.9 Å². The second-order valence-electron chi connectivity index (χ2n) is 8.30. The van der Waals surface area contributed by atoms with Crippen molar-refractivity contribution in [3.63, 3.8) is 0 Å². The van der Waals surface area contributed by atoms with Crippen molar-refractivity contribution in [2.75, 3.05) is 53.0 Å². The number of halogens is 1. The summed E-state index contributed by atoms with van der Waals surface area (Å²) in [5, 5.41) is 6.84. The zero-order valence-corrected chi connectivity index (χ0v) is 21.1. The first-order chi connectivity index (χ1) is 13.3. The zero-order valence-electron chi connectivity index (χ0n) is 18.8. The van der Waals surface area contributed by atoms with E-state index < -0.39 is 0 Å². The summed E-state index contributed by atoms with van der Waals surface area (Å²) in [7, 11) is 1.75. The molecular weight excluding hydrogens is 483 g/mol. The van der Waals surface area contributed by atoms with Crippen molar-refractivity contribution in [2.24, 2.45) is 10.4 Å². The summed E-state index contributed by atoms with van der Waals surface area (Å²) >= 11 is 0. The topological polar surface area (TPSA) is 71.3 Å². The largest absolute Gasteiger partial charge is 0.465 e. The molecule has 1 fully saturated rings. The lowest BCUT2D eigenvalue weighted by Gasteiger charge is -2.33. The molecule has 8 heteroatoms. The first-order valence-electron chi connectivity index (χ1n) is 10.3. The molecule has 0 saturated carbocycles. The molecule has 1 aromatic heterocycles. The van der Waals surface area contributed by atoms with Gasteiger partial charge in [-0.25, -0.2) is 0 Å². The lowest BCUT2D eigenvalue weighted by molar-refractivity contribution is 0.0124. The van der Waals surface area contributed by atoms with Crippen LogP contribution in [0.5, 0.6) is 0 Å². The van der Waals surface area contributed by atoms with Gasteiger partial charge in [0.1, 0.15) is 11.5 Å². The van der Waals surface area contributed by atoms with E-state index in [1.165, 1.54) is 0 Å². The molecule has 1 aliphatic rings. The number of guanidine groups is 1. The van der Waals surface area contributed by atoms with E-state index in [1.807, 2.05) is 13.0 Å². The third-order valence-corrected chi connectivity index (χ3v) is 5.05. The van der Waals surface area contributed by atoms with E-state index in [-0.39, 0.29) is 41.5 Å². The third kappa shape index (κ3) is 8.43. The number of ether oxygens (including phenoxy) is 2. The molecule has 1 aliphatic heterocycles. The molecule has 0 aliphatic carbocycles. The van der Waals surface area contributed by atoms with Crippen LogP contribution >= 0.6 is 24.0 Å². The predicted molar refractivity (Wildman–Crippen MR) is 128 cm³/mol. The summed E-state index contributed by atoms with van der Waals surface area (Å²) < 4.78 is 17.1. The molecule has 1 aromatic rings. The maximum absolute atomic E-state index is 5.95. The average molecular weight is 522 g/mol. The van der Waals surface area contributed by atoms with Gasteiger partial charge in [0, 0.05) is 33.3 Å². The minimum atomic E-state index is 0. The molecule has 2 heterocycles. The molecule has 2 N–H and O–H groups in total. The van der Waals surface area contributed by atoms with Crippen LogP contribution in [0.2, 0.25) is 0 Å². The van der Waals surface area contributed by atoms with Crippen molar-refractivity contribution in [1.82, 2.24) is 15.5 Å². The second-order valence-corrected chi connectivity index (χ2v) is 8.30. The Morgan fingerprint density at radius 2 is 1.93 bits per heavy atom. The highest BCUT2D eigenvalue weighted by molar-refractivity contribution is 14.0. The molecule has 0 spiro atoms. The summed E-state index contributed by atoms with van der Waals surface area (Å²) in [6.45, 7) is 16.0. The van der Waals surface area contributed by atoms with Gasteiger partial charge in [0.25, 0.3) is 0 Å². The smallest absolute Gasteiger partial charge is 0.191 e. The van der Waals surface area contributed by atoms with E-state index in [0.29, 0.717) is 13.1 Å². The highest BCUT2D eigenvalue weighted by Crippen LogP contribution is 2.24. The number of methoxy groups -OCH3 is 1. The minimum Gasteiger partial charge on any atom is -0.465 e. The molecule has 2 rings (SSSR count). The van der Waals surface area contributed by atoms with Gasteiger partial charge in [-0.3, -0.25) is 9.89 Å². The van der Waals surface area contributed by atoms with Crippen molar-refractivity contribution in [3.05, 3.63) is 23.7 Å². The summed E-state index contributed by atoms with van der Waals surface area (Å²) in [4.78, 5) is 7.17. The third-order valence-electron chi connectivity index (χ3n) is 5.05. The Hall–Kier alpha value is -0.840. The maximum Gasteiger partial charge on any atom is 0.191 e. The fraction of sp³-hybridized carbons (Fsp3) is 0.762. The second kappa shape index (κ2) is 12.8. The van der Waals surface area contributed by atoms with Crippen LogP contribution in [0.3, 0.4) is 0 Å². The van der Waals surface area contributed by atoms with Crippen LogP contribution in [-0.2, 0) is 9.47 Å². The fourth-order valence-corrected chi connectivity index (χ4v) is 3.34. The molecule has 168 valence electrons. The average Bonchev–Trinajstić information content (AvgIpc) is 3.08. The van der Waals surface area contributed by atoms with Crippen LogP contribution < -0.4 is 10.6 Å². The van der Waals surface area contributed by atoms with E-state index >= 15 is 0 Å². The van der Waals surface area contributed by atoms with Crippen LogP contribution in [0.25, 0.3) is 0 Å². The first kappa shape index (κ1) is 26.2. The van der Waals surface area contributed by atoms with Crippen molar-refractivity contribution in [2.45, 2.75) is 46.8 Å². The number of nitrogens with zero attached hydrogens (tertiary/aromatic N) is 2. The monoisotopic (exact) mass is 522 g/mol. The molecule has 0 amide bonds. The van der Waals surface area contributed by atoms with Crippen LogP contribution in [0.4, 0.5) is 0 Å². The Kier molecular flexibility index (Phi) is 11.5. The Bertz CT molecular complexity index is 609. The quantitative estimate of drug-likeness (QED) is 0.311. The van der Waals surface area contributed by atoms with Crippen molar-refractivity contribution < 1.29 is 13.9 Å². The molecule has 2 atom stereocenters. The minimum absolute atomic E-state index is 0. The number of furan rings is 1. The van der Waals surface area contributed by atoms with Crippen LogP contribution in [0.15, 0.2) is 21.5 Å². The molecule has 0 bridgehead atoms. The number of aliphatic imine (C=N–C) groups is 1. The number of hydrogen-bond donors (Lipinski definition) is 2. The van der Waals surface area contributed by atoms with Gasteiger partial charge in [0.15, 0.2) is 5.96 Å². The molecule has 29 heavy (non-hydrogen) atoms. The molecular formula is C21H39IN4O3. The summed E-state index contributed by atoms with van der Waals surface area (Å²) in [6, 6.07) is 4.23. The summed E-state index contributed by atoms with van der Waals surface area (Å²) in [5.74, 6) is 2.71. The number of aryl methyl sites for hydroxylation is 1. The Labute approximate surface area is 193 Å². The SMILES string of the molecule is CCNC(=NCC(OC)C(C)(C)C)NCC(c1ccc(C)o1)N1CCOCC1.I. The molecule has 2 unspecified atom stereocenters. The lowest BCUT2D eigenvalue weighted by Crippen LogP contribution is -2.46. The standard InChI is InChI=1S/C21H38N4O3.HI/c1-7-22-20(24-15-19(26-6)21(3,4)5)23-14-17(18-9-8-16(2)28-18)25-10-12-27-13-11-25;/h8-9,17,19H,7,10-15H2,1-6H3,(H2,22,23,24);1H. The van der Waals surface area contributed by atoms with Crippen LogP contribution in [-0.4, -0.2) is 70.0 Å². The van der Waals surface area contributed by atoms with Gasteiger partial charge in [-0.2, -0.15) is 0 Å². The van der Waals surface area contributed by atoms with Crippen molar-refractivity contribution >= 4 is 29.9 Å². The summed E-state index contributed by atoms with van der Waals surface area (Å²) in [5.41, 5.74) is 0.0393. The van der Waals surface area contributed by atoms with E-state index in [4.69, 9.17) is 18.9 Å². The highest BCUT2D eigenvalue weighted by atomic mass is 127. The maximum atomic E-state index is 5.95. The highest BCUT2D eigenvalue weighted by Gasteiger charge is 2.26. The number of rotatable bonds is 8. The molecule has 0 radical (unpaired) electrons. The first-order valence-corrected chi connectivity index (χ1v) is 10.3. The predicted octanol–water partition coefficient (Wildman–Crippen LogP) is 3.20. The van der Waals surface area contributed by atoms with E-state index in [1.54, 1.807) is 7.11 Å². The Morgan fingerprint density at radius 3 is 2.45 bits per heavy atom. The van der Waals surface area contributed by atoms with Gasteiger partial charge in [-0.15, -0.1) is 24.0 Å². The van der Waals surface area contributed by atoms with E-state index in [9.17, 15) is 0 Å². The normalized spacial score (nSPS) is 18.1. The van der Waals surface area contributed by atoms with Crippen LogP contribution in [0.1, 0.15) is 45.3 Å². The lowest BCUT2D eigenvalue weighted by atomic mass is 9.89. The Balaban J connectivity index is 0.00000420. The van der Waals surface area contributed by atoms with Gasteiger partial charge < -0.3 is 24.5 Å². The van der Waals surface area contributed by atoms with E-state index in [0.717, 1.165) is 50.3 Å². The van der Waals surface area contributed by atoms with E-state index in [2.05, 4.69) is 49.3 Å². The number of morpholine rings is 1. The molecule has 7 nitrogen and oxygen atoms in total. The Morgan fingerprint density at radius 1 is 1.24 bits per heavy atom. The zero-order chi connectivity index (χ0) is 20.6. The van der Waals surface area contributed by atoms with Gasteiger partial charge >= 0.3 is 0 Å². The van der Waals surface area contributed by atoms with Crippen molar-refractivity contribution in [1.29, 1.82) is 0 Å².